The fraction of sp³-hybridized carbons (Fsp3) is 0.227. The van der Waals surface area contributed by atoms with Gasteiger partial charge in [0.05, 0.1) is 0 Å². The van der Waals surface area contributed by atoms with Gasteiger partial charge in [-0.2, -0.15) is 0 Å². The number of amides is 2. The van der Waals surface area contributed by atoms with E-state index in [9.17, 15) is 9.59 Å². The average molecular weight is 391 g/mol. The molecule has 1 fully saturated rings. The summed E-state index contributed by atoms with van der Waals surface area (Å²) in [6.45, 7) is 2.45. The normalized spacial score (nSPS) is 13.2. The minimum atomic E-state index is -0.194. The van der Waals surface area contributed by atoms with Crippen molar-refractivity contribution in [3.8, 4) is 10.6 Å². The van der Waals surface area contributed by atoms with Crippen LogP contribution in [0.4, 0.5) is 5.69 Å². The zero-order chi connectivity index (χ0) is 19.5. The van der Waals surface area contributed by atoms with E-state index in [0.717, 1.165) is 34.7 Å². The Bertz CT molecular complexity index is 989. The molecular formula is C22H21N3O2S. The molecule has 1 aliphatic carbocycles. The van der Waals surface area contributed by atoms with E-state index >= 15 is 0 Å². The van der Waals surface area contributed by atoms with Crippen molar-refractivity contribution in [2.45, 2.75) is 26.3 Å². The van der Waals surface area contributed by atoms with Gasteiger partial charge in [-0.25, -0.2) is 4.98 Å². The van der Waals surface area contributed by atoms with Gasteiger partial charge in [-0.05, 0) is 37.5 Å². The van der Waals surface area contributed by atoms with Gasteiger partial charge >= 0.3 is 0 Å². The Balaban J connectivity index is 1.32. The van der Waals surface area contributed by atoms with Gasteiger partial charge in [-0.3, -0.25) is 9.59 Å². The molecule has 0 atom stereocenters. The number of thiazole rings is 1. The third-order valence-electron chi connectivity index (χ3n) is 4.66. The molecule has 0 unspecified atom stereocenters. The van der Waals surface area contributed by atoms with Crippen LogP contribution in [0.3, 0.4) is 0 Å². The first kappa shape index (κ1) is 18.4. The number of carbonyl (C=O) groups is 2. The van der Waals surface area contributed by atoms with E-state index in [1.807, 2.05) is 55.5 Å². The maximum absolute atomic E-state index is 12.4. The number of aromatic nitrogens is 1. The Labute approximate surface area is 167 Å². The number of nitrogens with one attached hydrogen (secondary N) is 2. The topological polar surface area (TPSA) is 71.1 Å². The molecule has 1 heterocycles. The van der Waals surface area contributed by atoms with Crippen molar-refractivity contribution < 1.29 is 9.59 Å². The molecule has 2 N–H and O–H groups in total. The molecule has 0 aliphatic heterocycles. The van der Waals surface area contributed by atoms with Crippen LogP contribution in [0, 0.1) is 12.8 Å². The van der Waals surface area contributed by atoms with E-state index in [4.69, 9.17) is 0 Å². The predicted molar refractivity (Wildman–Crippen MR) is 111 cm³/mol. The summed E-state index contributed by atoms with van der Waals surface area (Å²) in [5.74, 6) is 0.0802. The number of rotatable bonds is 6. The maximum Gasteiger partial charge on any atom is 0.271 e. The molecule has 0 radical (unpaired) electrons. The van der Waals surface area contributed by atoms with Crippen molar-refractivity contribution >= 4 is 28.8 Å². The Kier molecular flexibility index (Phi) is 5.21. The first-order valence-electron chi connectivity index (χ1n) is 9.29. The second-order valence-electron chi connectivity index (χ2n) is 7.05. The van der Waals surface area contributed by atoms with Crippen LogP contribution >= 0.6 is 11.3 Å². The molecule has 4 rings (SSSR count). The standard InChI is InChI=1S/C22H21N3O2S/c1-14-2-6-17(7-3-14)22-25-19(13-28-22)21(27)23-12-15-4-10-18(11-5-15)24-20(26)16-8-9-16/h2-7,10-11,13,16H,8-9,12H2,1H3,(H,23,27)(H,24,26). The van der Waals surface area contributed by atoms with Gasteiger partial charge in [0.2, 0.25) is 5.91 Å². The largest absolute Gasteiger partial charge is 0.347 e. The van der Waals surface area contributed by atoms with E-state index in [-0.39, 0.29) is 17.7 Å². The van der Waals surface area contributed by atoms with Gasteiger partial charge in [0, 0.05) is 29.1 Å². The molecule has 0 saturated heterocycles. The summed E-state index contributed by atoms with van der Waals surface area (Å²) in [5, 5.41) is 8.42. The number of carbonyl (C=O) groups excluding carboxylic acids is 2. The Morgan fingerprint density at radius 1 is 1.07 bits per heavy atom. The van der Waals surface area contributed by atoms with Crippen LogP contribution < -0.4 is 10.6 Å². The average Bonchev–Trinajstić information content (AvgIpc) is 3.45. The van der Waals surface area contributed by atoms with Crippen molar-refractivity contribution in [2.24, 2.45) is 5.92 Å². The highest BCUT2D eigenvalue weighted by molar-refractivity contribution is 7.13. The highest BCUT2D eigenvalue weighted by Crippen LogP contribution is 2.30. The van der Waals surface area contributed by atoms with Gasteiger partial charge in [0.25, 0.3) is 5.91 Å². The SMILES string of the molecule is Cc1ccc(-c2nc(C(=O)NCc3ccc(NC(=O)C4CC4)cc3)cs2)cc1. The summed E-state index contributed by atoms with van der Waals surface area (Å²) >= 11 is 1.46. The molecule has 5 nitrogen and oxygen atoms in total. The zero-order valence-corrected chi connectivity index (χ0v) is 16.4. The number of hydrogen-bond acceptors (Lipinski definition) is 4. The van der Waals surface area contributed by atoms with E-state index in [0.29, 0.717) is 12.2 Å². The molecule has 0 spiro atoms. The molecule has 28 heavy (non-hydrogen) atoms. The Hall–Kier alpha value is -2.99. The van der Waals surface area contributed by atoms with E-state index in [2.05, 4.69) is 15.6 Å². The van der Waals surface area contributed by atoms with Gasteiger partial charge < -0.3 is 10.6 Å². The molecule has 3 aromatic rings. The molecule has 2 amide bonds. The van der Waals surface area contributed by atoms with Crippen molar-refractivity contribution in [2.75, 3.05) is 5.32 Å². The first-order valence-corrected chi connectivity index (χ1v) is 10.2. The van der Waals surface area contributed by atoms with Crippen LogP contribution in [0.15, 0.2) is 53.9 Å². The number of benzene rings is 2. The van der Waals surface area contributed by atoms with Crippen molar-refractivity contribution in [1.82, 2.24) is 10.3 Å². The lowest BCUT2D eigenvalue weighted by Crippen LogP contribution is -2.23. The summed E-state index contributed by atoms with van der Waals surface area (Å²) in [4.78, 5) is 28.6. The van der Waals surface area contributed by atoms with Gasteiger partial charge in [0.1, 0.15) is 10.7 Å². The zero-order valence-electron chi connectivity index (χ0n) is 15.6. The van der Waals surface area contributed by atoms with Gasteiger partial charge in [-0.1, -0.05) is 42.0 Å². The summed E-state index contributed by atoms with van der Waals surface area (Å²) in [5.41, 5.74) is 4.38. The maximum atomic E-state index is 12.4. The molecule has 0 bridgehead atoms. The fourth-order valence-corrected chi connectivity index (χ4v) is 3.58. The van der Waals surface area contributed by atoms with Gasteiger partial charge in [0.15, 0.2) is 0 Å². The lowest BCUT2D eigenvalue weighted by Gasteiger charge is -2.07. The lowest BCUT2D eigenvalue weighted by molar-refractivity contribution is -0.117. The van der Waals surface area contributed by atoms with Crippen LogP contribution in [0.1, 0.15) is 34.5 Å². The van der Waals surface area contributed by atoms with E-state index in [1.54, 1.807) is 5.38 Å². The third-order valence-corrected chi connectivity index (χ3v) is 5.55. The molecule has 1 aliphatic rings. The molecule has 1 saturated carbocycles. The predicted octanol–water partition coefficient (Wildman–Crippen LogP) is 4.40. The number of nitrogens with zero attached hydrogens (tertiary/aromatic N) is 1. The summed E-state index contributed by atoms with van der Waals surface area (Å²) in [6, 6.07) is 15.6. The van der Waals surface area contributed by atoms with E-state index < -0.39 is 0 Å². The Morgan fingerprint density at radius 2 is 1.79 bits per heavy atom. The van der Waals surface area contributed by atoms with Crippen LogP contribution in [0.5, 0.6) is 0 Å². The van der Waals surface area contributed by atoms with Crippen molar-refractivity contribution in [3.05, 3.63) is 70.7 Å². The lowest BCUT2D eigenvalue weighted by atomic mass is 10.2. The molecule has 142 valence electrons. The smallest absolute Gasteiger partial charge is 0.271 e. The quantitative estimate of drug-likeness (QED) is 0.654. The minimum absolute atomic E-state index is 0.0916. The second-order valence-corrected chi connectivity index (χ2v) is 7.91. The van der Waals surface area contributed by atoms with Crippen LogP contribution in [-0.4, -0.2) is 16.8 Å². The van der Waals surface area contributed by atoms with Crippen LogP contribution in [0.25, 0.3) is 10.6 Å². The number of aryl methyl sites for hydroxylation is 1. The minimum Gasteiger partial charge on any atom is -0.347 e. The fourth-order valence-electron chi connectivity index (χ4n) is 2.78. The summed E-state index contributed by atoms with van der Waals surface area (Å²) < 4.78 is 0. The highest BCUT2D eigenvalue weighted by Gasteiger charge is 2.29. The number of hydrogen-bond donors (Lipinski definition) is 2. The molecule has 6 heteroatoms. The summed E-state index contributed by atoms with van der Waals surface area (Å²) in [7, 11) is 0. The molecule has 2 aromatic carbocycles. The number of anilines is 1. The summed E-state index contributed by atoms with van der Waals surface area (Å²) in [6.07, 6.45) is 1.97. The molecule has 1 aromatic heterocycles. The first-order chi connectivity index (χ1) is 13.6. The second kappa shape index (κ2) is 7.94. The third kappa shape index (κ3) is 4.46. The highest BCUT2D eigenvalue weighted by atomic mass is 32.1. The monoisotopic (exact) mass is 391 g/mol. The Morgan fingerprint density at radius 3 is 2.46 bits per heavy atom. The van der Waals surface area contributed by atoms with Gasteiger partial charge in [-0.15, -0.1) is 11.3 Å². The van der Waals surface area contributed by atoms with Crippen molar-refractivity contribution in [1.29, 1.82) is 0 Å². The molecular weight excluding hydrogens is 370 g/mol. The van der Waals surface area contributed by atoms with E-state index in [1.165, 1.54) is 16.9 Å². The van der Waals surface area contributed by atoms with Crippen LogP contribution in [0.2, 0.25) is 0 Å². The van der Waals surface area contributed by atoms with Crippen molar-refractivity contribution in [3.63, 3.8) is 0 Å². The van der Waals surface area contributed by atoms with Crippen LogP contribution in [-0.2, 0) is 11.3 Å².